The van der Waals surface area contributed by atoms with Crippen LogP contribution in [0.25, 0.3) is 11.3 Å². The van der Waals surface area contributed by atoms with Crippen LogP contribution >= 0.6 is 23.3 Å². The number of carbonyl (C=O) groups is 1. The van der Waals surface area contributed by atoms with E-state index in [0.717, 1.165) is 17.8 Å². The van der Waals surface area contributed by atoms with Gasteiger partial charge in [-0.3, -0.25) is 14.5 Å². The Balaban J connectivity index is 1.36. The van der Waals surface area contributed by atoms with E-state index in [4.69, 9.17) is 4.74 Å². The molecule has 0 aliphatic carbocycles. The summed E-state index contributed by atoms with van der Waals surface area (Å²) in [6.45, 7) is 4.60. The quantitative estimate of drug-likeness (QED) is 0.803. The maximum Gasteiger partial charge on any atom is 0.333 e. The lowest BCUT2D eigenvalue weighted by molar-refractivity contribution is 0.152. The van der Waals surface area contributed by atoms with Crippen molar-refractivity contribution in [1.29, 1.82) is 0 Å². The van der Waals surface area contributed by atoms with Gasteiger partial charge in [0.25, 0.3) is 0 Å². The molecule has 1 N–H and O–H groups in total. The van der Waals surface area contributed by atoms with Gasteiger partial charge in [-0.15, -0.1) is 11.3 Å². The first-order valence-electron chi connectivity index (χ1n) is 8.84. The smallest absolute Gasteiger partial charge is 0.333 e. The summed E-state index contributed by atoms with van der Waals surface area (Å²) < 4.78 is 6.92. The Morgan fingerprint density at radius 2 is 2.00 bits per heavy atom. The van der Waals surface area contributed by atoms with Crippen LogP contribution in [0.5, 0.6) is 0 Å². The van der Waals surface area contributed by atoms with Gasteiger partial charge in [0.1, 0.15) is 5.94 Å². The molecule has 138 valence electrons. The zero-order valence-electron chi connectivity index (χ0n) is 14.5. The van der Waals surface area contributed by atoms with Crippen LogP contribution in [-0.4, -0.2) is 52.4 Å². The third-order valence-electron chi connectivity index (χ3n) is 4.53. The number of hydrogen-bond acceptors (Lipinski definition) is 6. The largest absolute Gasteiger partial charge is 0.367 e. The van der Waals surface area contributed by atoms with E-state index in [0.29, 0.717) is 24.2 Å². The van der Waals surface area contributed by atoms with Gasteiger partial charge in [-0.1, -0.05) is 24.3 Å². The van der Waals surface area contributed by atoms with Crippen LogP contribution in [-0.2, 0) is 11.3 Å². The van der Waals surface area contributed by atoms with Crippen LogP contribution in [0, 0.1) is 0 Å². The maximum atomic E-state index is 12.2. The Hall–Kier alpha value is -1.61. The van der Waals surface area contributed by atoms with Crippen LogP contribution in [0.3, 0.4) is 0 Å². The predicted octanol–water partition coefficient (Wildman–Crippen LogP) is 3.88. The fourth-order valence-corrected chi connectivity index (χ4v) is 4.52. The standard InChI is InChI=1S/C18H22N4O2S2/c23-18(22-9-10-24-13-26-22)20-17-19-16(12-25-17)15-5-3-14(4-6-15)11-21-7-1-2-8-21/h3-6,12H,1-2,7-11,13H2,(H,19,20,23). The van der Waals surface area contributed by atoms with Gasteiger partial charge in [-0.05, 0) is 43.4 Å². The molecule has 6 nitrogen and oxygen atoms in total. The molecule has 0 radical (unpaired) electrons. The van der Waals surface area contributed by atoms with Gasteiger partial charge < -0.3 is 4.74 Å². The van der Waals surface area contributed by atoms with Crippen LogP contribution in [0.2, 0.25) is 0 Å². The Morgan fingerprint density at radius 3 is 2.73 bits per heavy atom. The number of rotatable bonds is 4. The average Bonchev–Trinajstić information content (AvgIpc) is 3.35. The second-order valence-corrected chi connectivity index (χ2v) is 8.20. The van der Waals surface area contributed by atoms with Crippen molar-refractivity contribution in [2.75, 3.05) is 37.5 Å². The van der Waals surface area contributed by atoms with Gasteiger partial charge >= 0.3 is 6.03 Å². The fourth-order valence-electron chi connectivity index (χ4n) is 3.13. The number of nitrogens with zero attached hydrogens (tertiary/aromatic N) is 3. The van der Waals surface area contributed by atoms with Crippen molar-refractivity contribution in [2.24, 2.45) is 0 Å². The highest BCUT2D eigenvalue weighted by molar-refractivity contribution is 7.97. The number of benzene rings is 1. The lowest BCUT2D eigenvalue weighted by atomic mass is 10.1. The zero-order valence-corrected chi connectivity index (χ0v) is 16.2. The summed E-state index contributed by atoms with van der Waals surface area (Å²) >= 11 is 2.83. The van der Waals surface area contributed by atoms with Gasteiger partial charge in [-0.25, -0.2) is 9.78 Å². The van der Waals surface area contributed by atoms with E-state index in [9.17, 15) is 4.79 Å². The van der Waals surface area contributed by atoms with E-state index >= 15 is 0 Å². The Kier molecular flexibility index (Phi) is 5.74. The van der Waals surface area contributed by atoms with Crippen LogP contribution < -0.4 is 5.32 Å². The lowest BCUT2D eigenvalue weighted by Crippen LogP contribution is -2.35. The molecular weight excluding hydrogens is 368 g/mol. The molecule has 1 aromatic carbocycles. The number of aromatic nitrogens is 1. The number of hydrogen-bond donors (Lipinski definition) is 1. The number of thiazole rings is 1. The third-order valence-corrected chi connectivity index (χ3v) is 6.22. The molecule has 0 atom stereocenters. The number of carbonyl (C=O) groups excluding carboxylic acids is 1. The first kappa shape index (κ1) is 17.8. The number of likely N-dealkylation sites (tertiary alicyclic amines) is 1. The average molecular weight is 391 g/mol. The van der Waals surface area contributed by atoms with Crippen molar-refractivity contribution in [3.05, 3.63) is 35.2 Å². The highest BCUT2D eigenvalue weighted by Gasteiger charge is 2.19. The Bertz CT molecular complexity index is 738. The second-order valence-electron chi connectivity index (χ2n) is 6.41. The summed E-state index contributed by atoms with van der Waals surface area (Å²) in [4.78, 5) is 19.3. The van der Waals surface area contributed by atoms with Crippen molar-refractivity contribution in [1.82, 2.24) is 14.2 Å². The SMILES string of the molecule is O=C(Nc1nc(-c2ccc(CN3CCCC3)cc2)cs1)N1CCOCS1. The van der Waals surface area contributed by atoms with Crippen molar-refractivity contribution >= 4 is 34.4 Å². The molecule has 0 saturated carbocycles. The molecule has 1 aromatic heterocycles. The van der Waals surface area contributed by atoms with Crippen LogP contribution in [0.1, 0.15) is 18.4 Å². The molecule has 2 saturated heterocycles. The van der Waals surface area contributed by atoms with E-state index in [-0.39, 0.29) is 6.03 Å². The van der Waals surface area contributed by atoms with Gasteiger partial charge in [-0.2, -0.15) is 0 Å². The number of anilines is 1. The number of urea groups is 1. The normalized spacial score (nSPS) is 18.2. The molecule has 0 spiro atoms. The number of ether oxygens (including phenoxy) is 1. The molecule has 0 bridgehead atoms. The first-order chi connectivity index (χ1) is 12.8. The molecule has 2 aliphatic heterocycles. The molecule has 2 fully saturated rings. The maximum absolute atomic E-state index is 12.2. The van der Waals surface area contributed by atoms with Gasteiger partial charge in [0.2, 0.25) is 0 Å². The van der Waals surface area contributed by atoms with Crippen molar-refractivity contribution in [2.45, 2.75) is 19.4 Å². The Morgan fingerprint density at radius 1 is 1.19 bits per heavy atom. The second kappa shape index (κ2) is 8.39. The minimum atomic E-state index is -0.139. The van der Waals surface area contributed by atoms with E-state index in [1.54, 1.807) is 4.31 Å². The summed E-state index contributed by atoms with van der Waals surface area (Å²) in [5.74, 6) is 0.514. The molecule has 2 amide bonds. The van der Waals surface area contributed by atoms with E-state index in [2.05, 4.69) is 39.5 Å². The summed E-state index contributed by atoms with van der Waals surface area (Å²) in [5, 5.41) is 5.48. The van der Waals surface area contributed by atoms with E-state index in [1.165, 1.54) is 54.8 Å². The van der Waals surface area contributed by atoms with E-state index < -0.39 is 0 Å². The van der Waals surface area contributed by atoms with Crippen LogP contribution in [0.4, 0.5) is 9.93 Å². The molecule has 4 rings (SSSR count). The zero-order chi connectivity index (χ0) is 17.8. The molecule has 26 heavy (non-hydrogen) atoms. The molecular formula is C18H22N4O2S2. The van der Waals surface area contributed by atoms with Gasteiger partial charge in [0, 0.05) is 17.5 Å². The molecule has 8 heteroatoms. The van der Waals surface area contributed by atoms with E-state index in [1.807, 2.05) is 5.38 Å². The predicted molar refractivity (Wildman–Crippen MR) is 106 cm³/mol. The van der Waals surface area contributed by atoms with Gasteiger partial charge in [0.15, 0.2) is 5.13 Å². The molecule has 2 aromatic rings. The summed E-state index contributed by atoms with van der Waals surface area (Å²) in [6, 6.07) is 8.44. The first-order valence-corrected chi connectivity index (χ1v) is 10.7. The minimum Gasteiger partial charge on any atom is -0.367 e. The summed E-state index contributed by atoms with van der Waals surface area (Å²) in [6.07, 6.45) is 2.63. The highest BCUT2D eigenvalue weighted by atomic mass is 32.2. The summed E-state index contributed by atoms with van der Waals surface area (Å²) in [7, 11) is 0. The number of amides is 2. The van der Waals surface area contributed by atoms with Crippen molar-refractivity contribution < 1.29 is 9.53 Å². The summed E-state index contributed by atoms with van der Waals surface area (Å²) in [5.41, 5.74) is 3.31. The lowest BCUT2D eigenvalue weighted by Gasteiger charge is -2.24. The minimum absolute atomic E-state index is 0.139. The van der Waals surface area contributed by atoms with Crippen LogP contribution in [0.15, 0.2) is 29.6 Å². The van der Waals surface area contributed by atoms with Crippen molar-refractivity contribution in [3.63, 3.8) is 0 Å². The van der Waals surface area contributed by atoms with Gasteiger partial charge in [0.05, 0.1) is 18.8 Å². The molecule has 0 unspecified atom stereocenters. The highest BCUT2D eigenvalue weighted by Crippen LogP contribution is 2.26. The fraction of sp³-hybridized carbons (Fsp3) is 0.444. The van der Waals surface area contributed by atoms with Crippen molar-refractivity contribution in [3.8, 4) is 11.3 Å². The third kappa shape index (κ3) is 4.37. The number of nitrogens with one attached hydrogen (secondary N) is 1. The monoisotopic (exact) mass is 390 g/mol. The molecule has 2 aliphatic rings. The topological polar surface area (TPSA) is 57.7 Å². The Labute approximate surface area is 161 Å². The molecule has 3 heterocycles.